The van der Waals surface area contributed by atoms with E-state index in [-0.39, 0.29) is 17.8 Å². The Morgan fingerprint density at radius 2 is 2.26 bits per heavy atom. The highest BCUT2D eigenvalue weighted by molar-refractivity contribution is 8.01. The van der Waals surface area contributed by atoms with Gasteiger partial charge in [0.15, 0.2) is 4.34 Å². The molecule has 0 fully saturated rings. The normalized spacial score (nSPS) is 12.0. The maximum absolute atomic E-state index is 13.1. The minimum atomic E-state index is -0.313. The van der Waals surface area contributed by atoms with E-state index in [9.17, 15) is 9.18 Å². The summed E-state index contributed by atoms with van der Waals surface area (Å²) in [7, 11) is 0. The van der Waals surface area contributed by atoms with Gasteiger partial charge < -0.3 is 10.6 Å². The van der Waals surface area contributed by atoms with Crippen LogP contribution in [0.25, 0.3) is 0 Å². The van der Waals surface area contributed by atoms with Crippen molar-refractivity contribution in [1.82, 2.24) is 15.5 Å². The zero-order chi connectivity index (χ0) is 16.7. The van der Waals surface area contributed by atoms with Gasteiger partial charge in [-0.2, -0.15) is 0 Å². The van der Waals surface area contributed by atoms with Crippen LogP contribution in [0, 0.1) is 5.82 Å². The van der Waals surface area contributed by atoms with Gasteiger partial charge >= 0.3 is 0 Å². The van der Waals surface area contributed by atoms with Crippen LogP contribution in [0.3, 0.4) is 0 Å². The highest BCUT2D eigenvalue weighted by Gasteiger charge is 2.10. The van der Waals surface area contributed by atoms with Gasteiger partial charge in [-0.3, -0.25) is 4.79 Å². The molecule has 0 spiro atoms. The molecular formula is C15H19FN4OS2. The van der Waals surface area contributed by atoms with E-state index in [0.717, 1.165) is 12.8 Å². The number of thioether (sulfide) groups is 1. The first kappa shape index (κ1) is 17.7. The van der Waals surface area contributed by atoms with Gasteiger partial charge in [0, 0.05) is 11.7 Å². The summed E-state index contributed by atoms with van der Waals surface area (Å²) in [6, 6.07) is 6.32. The van der Waals surface area contributed by atoms with Crippen LogP contribution in [-0.2, 0) is 4.79 Å². The molecule has 0 aliphatic rings. The second kappa shape index (κ2) is 8.83. The Bertz CT molecular complexity index is 650. The first-order valence-corrected chi connectivity index (χ1v) is 9.15. The van der Waals surface area contributed by atoms with Gasteiger partial charge in [0.1, 0.15) is 5.82 Å². The number of anilines is 2. The zero-order valence-electron chi connectivity index (χ0n) is 13.0. The third-order valence-electron chi connectivity index (χ3n) is 2.94. The number of aromatic nitrogens is 2. The molecule has 1 amide bonds. The predicted octanol–water partition coefficient (Wildman–Crippen LogP) is 3.82. The SMILES string of the molecule is CCC[C@H](C)NC(=O)CSc1nnc(Nc2cccc(F)c2)s1. The summed E-state index contributed by atoms with van der Waals surface area (Å²) < 4.78 is 13.8. The van der Waals surface area contributed by atoms with Gasteiger partial charge in [0.25, 0.3) is 0 Å². The molecule has 0 unspecified atom stereocenters. The summed E-state index contributed by atoms with van der Waals surface area (Å²) in [6.07, 6.45) is 2.01. The lowest BCUT2D eigenvalue weighted by Crippen LogP contribution is -2.33. The van der Waals surface area contributed by atoms with Gasteiger partial charge in [-0.25, -0.2) is 4.39 Å². The van der Waals surface area contributed by atoms with Gasteiger partial charge in [-0.1, -0.05) is 42.5 Å². The molecule has 1 atom stereocenters. The van der Waals surface area contributed by atoms with Gasteiger partial charge in [-0.15, -0.1) is 10.2 Å². The molecule has 124 valence electrons. The van der Waals surface area contributed by atoms with Crippen LogP contribution >= 0.6 is 23.1 Å². The van der Waals surface area contributed by atoms with Crippen molar-refractivity contribution in [3.8, 4) is 0 Å². The lowest BCUT2D eigenvalue weighted by Gasteiger charge is -2.11. The van der Waals surface area contributed by atoms with Crippen LogP contribution in [0.2, 0.25) is 0 Å². The Morgan fingerprint density at radius 3 is 3.00 bits per heavy atom. The third-order valence-corrected chi connectivity index (χ3v) is 4.91. The van der Waals surface area contributed by atoms with Crippen LogP contribution in [0.1, 0.15) is 26.7 Å². The molecule has 0 bridgehead atoms. The van der Waals surface area contributed by atoms with Crippen LogP contribution < -0.4 is 10.6 Å². The lowest BCUT2D eigenvalue weighted by molar-refractivity contribution is -0.119. The van der Waals surface area contributed by atoms with Crippen molar-refractivity contribution in [1.29, 1.82) is 0 Å². The molecule has 0 saturated heterocycles. The van der Waals surface area contributed by atoms with E-state index in [1.807, 2.05) is 6.92 Å². The molecule has 0 aliphatic heterocycles. The second-order valence-corrected chi connectivity index (χ2v) is 7.25. The quantitative estimate of drug-likeness (QED) is 0.706. The molecule has 8 heteroatoms. The predicted molar refractivity (Wildman–Crippen MR) is 92.8 cm³/mol. The Hall–Kier alpha value is -1.67. The maximum Gasteiger partial charge on any atom is 0.230 e. The van der Waals surface area contributed by atoms with Gasteiger partial charge in [0.2, 0.25) is 11.0 Å². The fourth-order valence-corrected chi connectivity index (χ4v) is 3.54. The topological polar surface area (TPSA) is 66.9 Å². The van der Waals surface area contributed by atoms with E-state index in [2.05, 4.69) is 27.8 Å². The number of carbonyl (C=O) groups excluding carboxylic acids is 1. The molecule has 5 nitrogen and oxygen atoms in total. The summed E-state index contributed by atoms with van der Waals surface area (Å²) in [5, 5.41) is 14.5. The number of amides is 1. The molecule has 23 heavy (non-hydrogen) atoms. The number of hydrogen-bond donors (Lipinski definition) is 2. The number of carbonyl (C=O) groups is 1. The van der Waals surface area contributed by atoms with Crippen LogP contribution in [0.15, 0.2) is 28.6 Å². The first-order chi connectivity index (χ1) is 11.1. The number of halogens is 1. The number of benzene rings is 1. The summed E-state index contributed by atoms with van der Waals surface area (Å²) in [4.78, 5) is 11.8. The van der Waals surface area contributed by atoms with Crippen molar-refractivity contribution < 1.29 is 9.18 Å². The number of nitrogens with zero attached hydrogens (tertiary/aromatic N) is 2. The Balaban J connectivity index is 1.82. The van der Waals surface area contributed by atoms with Crippen molar-refractivity contribution in [2.75, 3.05) is 11.1 Å². The van der Waals surface area contributed by atoms with Crippen LogP contribution in [0.4, 0.5) is 15.2 Å². The summed E-state index contributed by atoms with van der Waals surface area (Å²) in [6.45, 7) is 4.09. The molecule has 2 aromatic rings. The van der Waals surface area contributed by atoms with Gasteiger partial charge in [-0.05, 0) is 31.5 Å². The van der Waals surface area contributed by atoms with Crippen LogP contribution in [-0.4, -0.2) is 27.9 Å². The van der Waals surface area contributed by atoms with E-state index in [1.54, 1.807) is 12.1 Å². The summed E-state index contributed by atoms with van der Waals surface area (Å²) in [5.41, 5.74) is 0.615. The molecule has 2 rings (SSSR count). The Kier molecular flexibility index (Phi) is 6.79. The summed E-state index contributed by atoms with van der Waals surface area (Å²) in [5.74, 6) is -0.0133. The van der Waals surface area contributed by atoms with E-state index < -0.39 is 0 Å². The molecule has 0 aliphatic carbocycles. The minimum Gasteiger partial charge on any atom is -0.353 e. The number of hydrogen-bond acceptors (Lipinski definition) is 6. The van der Waals surface area contributed by atoms with Crippen molar-refractivity contribution in [2.24, 2.45) is 0 Å². The minimum absolute atomic E-state index is 0.00853. The maximum atomic E-state index is 13.1. The monoisotopic (exact) mass is 354 g/mol. The highest BCUT2D eigenvalue weighted by atomic mass is 32.2. The molecule has 0 saturated carbocycles. The van der Waals surface area contributed by atoms with Crippen molar-refractivity contribution in [3.63, 3.8) is 0 Å². The molecule has 1 aromatic carbocycles. The van der Waals surface area contributed by atoms with Crippen LogP contribution in [0.5, 0.6) is 0 Å². The molecular weight excluding hydrogens is 335 g/mol. The third kappa shape index (κ3) is 6.15. The zero-order valence-corrected chi connectivity index (χ0v) is 14.6. The lowest BCUT2D eigenvalue weighted by atomic mass is 10.2. The van der Waals surface area contributed by atoms with Crippen molar-refractivity contribution >= 4 is 39.8 Å². The number of rotatable bonds is 8. The Labute approximate surface area is 143 Å². The van der Waals surface area contributed by atoms with E-state index >= 15 is 0 Å². The molecule has 1 heterocycles. The standard InChI is InChI=1S/C15H19FN4OS2/c1-3-5-10(2)17-13(21)9-22-15-20-19-14(23-15)18-12-7-4-6-11(16)8-12/h4,6-8,10H,3,5,9H2,1-2H3,(H,17,21)(H,18,19)/t10-/m0/s1. The average Bonchev–Trinajstić information content (AvgIpc) is 2.93. The van der Waals surface area contributed by atoms with Gasteiger partial charge in [0.05, 0.1) is 5.75 Å². The van der Waals surface area contributed by atoms with E-state index in [1.165, 1.54) is 35.2 Å². The number of nitrogens with one attached hydrogen (secondary N) is 2. The van der Waals surface area contributed by atoms with Crippen molar-refractivity contribution in [3.05, 3.63) is 30.1 Å². The fraction of sp³-hybridized carbons (Fsp3) is 0.400. The smallest absolute Gasteiger partial charge is 0.230 e. The second-order valence-electron chi connectivity index (χ2n) is 5.05. The molecule has 1 aromatic heterocycles. The molecule has 0 radical (unpaired) electrons. The summed E-state index contributed by atoms with van der Waals surface area (Å²) >= 11 is 2.67. The largest absolute Gasteiger partial charge is 0.353 e. The highest BCUT2D eigenvalue weighted by Crippen LogP contribution is 2.27. The average molecular weight is 354 g/mol. The van der Waals surface area contributed by atoms with E-state index in [0.29, 0.717) is 20.9 Å². The Morgan fingerprint density at radius 1 is 1.43 bits per heavy atom. The first-order valence-electron chi connectivity index (χ1n) is 7.35. The fourth-order valence-electron chi connectivity index (χ4n) is 1.96. The molecule has 2 N–H and O–H groups in total. The van der Waals surface area contributed by atoms with Crippen molar-refractivity contribution in [2.45, 2.75) is 37.1 Å². The van der Waals surface area contributed by atoms with E-state index in [4.69, 9.17) is 0 Å².